The summed E-state index contributed by atoms with van der Waals surface area (Å²) in [5.74, 6) is -0.434. The van der Waals surface area contributed by atoms with E-state index in [0.717, 1.165) is 5.56 Å². The molecule has 2 aromatic rings. The molecule has 0 fully saturated rings. The van der Waals surface area contributed by atoms with E-state index < -0.39 is 0 Å². The van der Waals surface area contributed by atoms with Gasteiger partial charge in [0.2, 0.25) is 5.91 Å². The SMILES string of the molecule is CC(C(=O)Nc1ccc(Cl)cc1)C(N)c1ccccc1. The molecule has 0 aromatic heterocycles. The van der Waals surface area contributed by atoms with Gasteiger partial charge in [-0.05, 0) is 29.8 Å². The maximum Gasteiger partial charge on any atom is 0.229 e. The van der Waals surface area contributed by atoms with E-state index in [1.165, 1.54) is 0 Å². The van der Waals surface area contributed by atoms with Crippen LogP contribution in [0.3, 0.4) is 0 Å². The number of amides is 1. The normalized spacial score (nSPS) is 13.6. The number of benzene rings is 2. The van der Waals surface area contributed by atoms with Crippen molar-refractivity contribution in [3.63, 3.8) is 0 Å². The van der Waals surface area contributed by atoms with E-state index in [2.05, 4.69) is 5.32 Å². The molecule has 2 unspecified atom stereocenters. The molecule has 0 spiro atoms. The molecule has 104 valence electrons. The second-order valence-corrected chi connectivity index (χ2v) is 5.16. The van der Waals surface area contributed by atoms with Gasteiger partial charge in [0.05, 0.1) is 5.92 Å². The average Bonchev–Trinajstić information content (AvgIpc) is 2.49. The van der Waals surface area contributed by atoms with E-state index in [-0.39, 0.29) is 17.9 Å². The van der Waals surface area contributed by atoms with E-state index in [4.69, 9.17) is 17.3 Å². The van der Waals surface area contributed by atoms with Gasteiger partial charge in [-0.1, -0.05) is 48.9 Å². The molecular formula is C16H17ClN2O. The predicted molar refractivity (Wildman–Crippen MR) is 82.6 cm³/mol. The Morgan fingerprint density at radius 1 is 1.10 bits per heavy atom. The maximum absolute atomic E-state index is 12.2. The first kappa shape index (κ1) is 14.6. The van der Waals surface area contributed by atoms with Gasteiger partial charge in [-0.3, -0.25) is 4.79 Å². The van der Waals surface area contributed by atoms with Crippen molar-refractivity contribution in [3.05, 3.63) is 65.2 Å². The van der Waals surface area contributed by atoms with Gasteiger partial charge in [0.25, 0.3) is 0 Å². The second kappa shape index (κ2) is 6.55. The van der Waals surface area contributed by atoms with Gasteiger partial charge in [-0.25, -0.2) is 0 Å². The Balaban J connectivity index is 2.03. The summed E-state index contributed by atoms with van der Waals surface area (Å²) in [6.07, 6.45) is 0. The van der Waals surface area contributed by atoms with Crippen LogP contribution in [0.1, 0.15) is 18.5 Å². The van der Waals surface area contributed by atoms with Crippen LogP contribution in [-0.4, -0.2) is 5.91 Å². The fraction of sp³-hybridized carbons (Fsp3) is 0.188. The van der Waals surface area contributed by atoms with E-state index in [0.29, 0.717) is 10.7 Å². The molecule has 0 heterocycles. The first-order valence-electron chi connectivity index (χ1n) is 6.45. The zero-order valence-corrected chi connectivity index (χ0v) is 12.0. The van der Waals surface area contributed by atoms with Crippen molar-refractivity contribution in [3.8, 4) is 0 Å². The number of hydrogen-bond donors (Lipinski definition) is 2. The van der Waals surface area contributed by atoms with E-state index in [1.54, 1.807) is 24.3 Å². The fourth-order valence-corrected chi connectivity index (χ4v) is 2.04. The number of halogens is 1. The van der Waals surface area contributed by atoms with Crippen LogP contribution in [0.2, 0.25) is 5.02 Å². The molecule has 20 heavy (non-hydrogen) atoms. The summed E-state index contributed by atoms with van der Waals surface area (Å²) < 4.78 is 0. The van der Waals surface area contributed by atoms with Crippen molar-refractivity contribution in [1.82, 2.24) is 0 Å². The van der Waals surface area contributed by atoms with Crippen LogP contribution in [0.15, 0.2) is 54.6 Å². The monoisotopic (exact) mass is 288 g/mol. The Kier molecular flexibility index (Phi) is 4.77. The van der Waals surface area contributed by atoms with E-state index in [1.807, 2.05) is 37.3 Å². The van der Waals surface area contributed by atoms with Crippen molar-refractivity contribution in [2.75, 3.05) is 5.32 Å². The van der Waals surface area contributed by atoms with Crippen LogP contribution >= 0.6 is 11.6 Å². The van der Waals surface area contributed by atoms with Gasteiger partial charge in [0, 0.05) is 16.8 Å². The third kappa shape index (κ3) is 3.59. The quantitative estimate of drug-likeness (QED) is 0.903. The first-order chi connectivity index (χ1) is 9.58. The highest BCUT2D eigenvalue weighted by Crippen LogP contribution is 2.21. The Morgan fingerprint density at radius 2 is 1.70 bits per heavy atom. The lowest BCUT2D eigenvalue weighted by molar-refractivity contribution is -0.120. The third-order valence-electron chi connectivity index (χ3n) is 3.25. The molecule has 4 heteroatoms. The van der Waals surface area contributed by atoms with Crippen molar-refractivity contribution in [2.24, 2.45) is 11.7 Å². The fourth-order valence-electron chi connectivity index (χ4n) is 1.92. The number of rotatable bonds is 4. The summed E-state index contributed by atoms with van der Waals surface area (Å²) >= 11 is 5.81. The lowest BCUT2D eigenvalue weighted by Gasteiger charge is -2.19. The van der Waals surface area contributed by atoms with Gasteiger partial charge in [0.1, 0.15) is 0 Å². The lowest BCUT2D eigenvalue weighted by Crippen LogP contribution is -2.30. The topological polar surface area (TPSA) is 55.1 Å². The largest absolute Gasteiger partial charge is 0.326 e. The summed E-state index contributed by atoms with van der Waals surface area (Å²) in [6, 6.07) is 16.3. The second-order valence-electron chi connectivity index (χ2n) is 4.72. The molecule has 0 aliphatic heterocycles. The molecular weight excluding hydrogens is 272 g/mol. The lowest BCUT2D eigenvalue weighted by atomic mass is 9.94. The number of nitrogens with one attached hydrogen (secondary N) is 1. The highest BCUT2D eigenvalue weighted by atomic mass is 35.5. The minimum Gasteiger partial charge on any atom is -0.326 e. The standard InChI is InChI=1S/C16H17ClN2O/c1-11(15(18)12-5-3-2-4-6-12)16(20)19-14-9-7-13(17)8-10-14/h2-11,15H,18H2,1H3,(H,19,20). The molecule has 1 amide bonds. The molecule has 3 nitrogen and oxygen atoms in total. The van der Waals surface area contributed by atoms with Crippen LogP contribution in [-0.2, 0) is 4.79 Å². The van der Waals surface area contributed by atoms with Crippen LogP contribution in [0.25, 0.3) is 0 Å². The highest BCUT2D eigenvalue weighted by Gasteiger charge is 2.22. The van der Waals surface area contributed by atoms with Crippen molar-refractivity contribution in [2.45, 2.75) is 13.0 Å². The molecule has 3 N–H and O–H groups in total. The molecule has 0 bridgehead atoms. The number of carbonyl (C=O) groups is 1. The summed E-state index contributed by atoms with van der Waals surface area (Å²) in [6.45, 7) is 1.82. The van der Waals surface area contributed by atoms with Crippen molar-refractivity contribution < 1.29 is 4.79 Å². The molecule has 0 aliphatic carbocycles. The number of anilines is 1. The average molecular weight is 289 g/mol. The van der Waals surface area contributed by atoms with Crippen LogP contribution in [0.4, 0.5) is 5.69 Å². The first-order valence-corrected chi connectivity index (χ1v) is 6.82. The van der Waals surface area contributed by atoms with Gasteiger partial charge in [-0.2, -0.15) is 0 Å². The maximum atomic E-state index is 12.2. The number of nitrogens with two attached hydrogens (primary N) is 1. The Labute approximate surface area is 123 Å². The van der Waals surface area contributed by atoms with Crippen molar-refractivity contribution >= 4 is 23.2 Å². The van der Waals surface area contributed by atoms with E-state index >= 15 is 0 Å². The minimum absolute atomic E-state index is 0.108. The Morgan fingerprint density at radius 3 is 2.30 bits per heavy atom. The Bertz CT molecular complexity index is 569. The van der Waals surface area contributed by atoms with E-state index in [9.17, 15) is 4.79 Å². The van der Waals surface area contributed by atoms with Gasteiger partial charge in [-0.15, -0.1) is 0 Å². The van der Waals surface area contributed by atoms with Gasteiger partial charge < -0.3 is 11.1 Å². The van der Waals surface area contributed by atoms with Crippen LogP contribution < -0.4 is 11.1 Å². The van der Waals surface area contributed by atoms with Gasteiger partial charge >= 0.3 is 0 Å². The molecule has 0 radical (unpaired) electrons. The molecule has 0 aliphatic rings. The van der Waals surface area contributed by atoms with Crippen molar-refractivity contribution in [1.29, 1.82) is 0 Å². The van der Waals surface area contributed by atoms with Crippen LogP contribution in [0.5, 0.6) is 0 Å². The molecule has 2 rings (SSSR count). The minimum atomic E-state index is -0.330. The molecule has 2 atom stereocenters. The third-order valence-corrected chi connectivity index (χ3v) is 3.50. The number of carbonyl (C=O) groups excluding carboxylic acids is 1. The molecule has 0 saturated carbocycles. The summed E-state index contributed by atoms with van der Waals surface area (Å²) in [5, 5.41) is 3.48. The summed E-state index contributed by atoms with van der Waals surface area (Å²) in [5.41, 5.74) is 7.80. The highest BCUT2D eigenvalue weighted by molar-refractivity contribution is 6.30. The zero-order chi connectivity index (χ0) is 14.5. The van der Waals surface area contributed by atoms with Crippen LogP contribution in [0, 0.1) is 5.92 Å². The molecule has 0 saturated heterocycles. The predicted octanol–water partition coefficient (Wildman–Crippen LogP) is 3.61. The zero-order valence-electron chi connectivity index (χ0n) is 11.2. The van der Waals surface area contributed by atoms with Gasteiger partial charge in [0.15, 0.2) is 0 Å². The Hall–Kier alpha value is -1.84. The summed E-state index contributed by atoms with van der Waals surface area (Å²) in [4.78, 5) is 12.2. The smallest absolute Gasteiger partial charge is 0.229 e. The summed E-state index contributed by atoms with van der Waals surface area (Å²) in [7, 11) is 0. The molecule has 2 aromatic carbocycles. The number of hydrogen-bond acceptors (Lipinski definition) is 2.